The summed E-state index contributed by atoms with van der Waals surface area (Å²) in [7, 11) is 4.14. The van der Waals surface area contributed by atoms with Gasteiger partial charge in [-0.1, -0.05) is 32.1 Å². The molecule has 2 rings (SSSR count). The number of likely N-dealkylation sites (N-methyl/N-ethyl adjacent to an activating group) is 1. The fourth-order valence-corrected chi connectivity index (χ4v) is 3.37. The first-order valence-corrected chi connectivity index (χ1v) is 7.86. The average molecular weight is 263 g/mol. The van der Waals surface area contributed by atoms with Crippen molar-refractivity contribution in [2.75, 3.05) is 7.05 Å². The monoisotopic (exact) mass is 263 g/mol. The van der Waals surface area contributed by atoms with Crippen LogP contribution < -0.4 is 5.32 Å². The van der Waals surface area contributed by atoms with E-state index in [9.17, 15) is 0 Å². The van der Waals surface area contributed by atoms with Crippen LogP contribution in [0.3, 0.4) is 0 Å². The number of nitrogens with one attached hydrogen (secondary N) is 1. The van der Waals surface area contributed by atoms with Crippen molar-refractivity contribution in [2.45, 2.75) is 64.3 Å². The zero-order valence-corrected chi connectivity index (χ0v) is 12.8. The molecule has 1 saturated carbocycles. The third-order valence-electron chi connectivity index (χ3n) is 4.61. The molecule has 1 N–H and O–H groups in total. The zero-order chi connectivity index (χ0) is 13.7. The molecule has 1 fully saturated rings. The summed E-state index contributed by atoms with van der Waals surface area (Å²) in [4.78, 5) is 0. The first-order valence-electron chi connectivity index (χ1n) is 7.86. The summed E-state index contributed by atoms with van der Waals surface area (Å²) in [5, 5.41) is 7.92. The Hall–Kier alpha value is -0.830. The standard InChI is InChI=1S/C16H29N3/c1-13-11-16(19(3)18-13)12-15(17-2)10-9-14-7-5-4-6-8-14/h11,14-15,17H,4-10,12H2,1-3H3. The molecule has 3 nitrogen and oxygen atoms in total. The Kier molecular flexibility index (Phi) is 5.44. The van der Waals surface area contributed by atoms with Crippen molar-refractivity contribution >= 4 is 0 Å². The molecule has 1 aromatic heterocycles. The van der Waals surface area contributed by atoms with Crippen molar-refractivity contribution < 1.29 is 0 Å². The van der Waals surface area contributed by atoms with Crippen molar-refractivity contribution in [1.29, 1.82) is 0 Å². The molecule has 1 aliphatic carbocycles. The molecule has 0 amide bonds. The maximum Gasteiger partial charge on any atom is 0.0596 e. The molecule has 0 aromatic carbocycles. The van der Waals surface area contributed by atoms with Crippen LogP contribution in [0.2, 0.25) is 0 Å². The highest BCUT2D eigenvalue weighted by atomic mass is 15.3. The molecule has 0 aliphatic heterocycles. The van der Waals surface area contributed by atoms with Crippen LogP contribution in [0.4, 0.5) is 0 Å². The van der Waals surface area contributed by atoms with E-state index in [1.165, 1.54) is 50.6 Å². The molecule has 19 heavy (non-hydrogen) atoms. The Morgan fingerprint density at radius 2 is 2.11 bits per heavy atom. The normalized spacial score (nSPS) is 18.7. The summed E-state index contributed by atoms with van der Waals surface area (Å²) >= 11 is 0. The summed E-state index contributed by atoms with van der Waals surface area (Å²) in [5.74, 6) is 0.984. The maximum atomic E-state index is 4.44. The minimum Gasteiger partial charge on any atom is -0.317 e. The van der Waals surface area contributed by atoms with Crippen molar-refractivity contribution in [3.8, 4) is 0 Å². The highest BCUT2D eigenvalue weighted by Gasteiger charge is 2.16. The molecule has 0 saturated heterocycles. The number of nitrogens with zero attached hydrogens (tertiary/aromatic N) is 2. The van der Waals surface area contributed by atoms with E-state index >= 15 is 0 Å². The molecular formula is C16H29N3. The van der Waals surface area contributed by atoms with E-state index in [0.717, 1.165) is 18.0 Å². The summed E-state index contributed by atoms with van der Waals surface area (Å²) in [6.45, 7) is 2.07. The van der Waals surface area contributed by atoms with Crippen LogP contribution in [-0.2, 0) is 13.5 Å². The highest BCUT2D eigenvalue weighted by Crippen LogP contribution is 2.28. The first-order chi connectivity index (χ1) is 9.19. The van der Waals surface area contributed by atoms with E-state index in [1.807, 2.05) is 4.68 Å². The van der Waals surface area contributed by atoms with Gasteiger partial charge in [-0.05, 0) is 38.8 Å². The van der Waals surface area contributed by atoms with Gasteiger partial charge in [0, 0.05) is 25.2 Å². The minimum atomic E-state index is 0.594. The Labute approximate surface area is 117 Å². The smallest absolute Gasteiger partial charge is 0.0596 e. The number of rotatable bonds is 6. The van der Waals surface area contributed by atoms with E-state index in [-0.39, 0.29) is 0 Å². The first kappa shape index (κ1) is 14.6. The van der Waals surface area contributed by atoms with Crippen LogP contribution in [0.15, 0.2) is 6.07 Å². The van der Waals surface area contributed by atoms with E-state index in [1.54, 1.807) is 0 Å². The van der Waals surface area contributed by atoms with Gasteiger partial charge in [0.1, 0.15) is 0 Å². The molecule has 1 unspecified atom stereocenters. The molecule has 3 heteroatoms. The number of hydrogen-bond acceptors (Lipinski definition) is 2. The van der Waals surface area contributed by atoms with Crippen molar-refractivity contribution in [3.05, 3.63) is 17.5 Å². The number of aryl methyl sites for hydroxylation is 2. The molecular weight excluding hydrogens is 234 g/mol. The van der Waals surface area contributed by atoms with E-state index < -0.39 is 0 Å². The van der Waals surface area contributed by atoms with Gasteiger partial charge >= 0.3 is 0 Å². The number of hydrogen-bond donors (Lipinski definition) is 1. The largest absolute Gasteiger partial charge is 0.317 e. The van der Waals surface area contributed by atoms with Gasteiger partial charge in [-0.2, -0.15) is 5.10 Å². The SMILES string of the molecule is CNC(CCC1CCCCC1)Cc1cc(C)nn1C. The molecule has 1 heterocycles. The van der Waals surface area contributed by atoms with Gasteiger partial charge in [0.05, 0.1) is 5.69 Å². The van der Waals surface area contributed by atoms with Gasteiger partial charge < -0.3 is 5.32 Å². The lowest BCUT2D eigenvalue weighted by Gasteiger charge is -2.24. The lowest BCUT2D eigenvalue weighted by atomic mass is 9.85. The Morgan fingerprint density at radius 3 is 2.68 bits per heavy atom. The fourth-order valence-electron chi connectivity index (χ4n) is 3.37. The van der Waals surface area contributed by atoms with Crippen molar-refractivity contribution in [2.24, 2.45) is 13.0 Å². The second-order valence-corrected chi connectivity index (χ2v) is 6.17. The predicted octanol–water partition coefficient (Wildman–Crippen LogP) is 3.22. The van der Waals surface area contributed by atoms with E-state index in [4.69, 9.17) is 0 Å². The van der Waals surface area contributed by atoms with Crippen LogP contribution in [0, 0.1) is 12.8 Å². The van der Waals surface area contributed by atoms with E-state index in [2.05, 4.69) is 37.5 Å². The third kappa shape index (κ3) is 4.34. The second kappa shape index (κ2) is 7.09. The number of aromatic nitrogens is 2. The second-order valence-electron chi connectivity index (χ2n) is 6.17. The van der Waals surface area contributed by atoms with Gasteiger partial charge in [-0.25, -0.2) is 0 Å². The minimum absolute atomic E-state index is 0.594. The van der Waals surface area contributed by atoms with Crippen LogP contribution in [-0.4, -0.2) is 22.9 Å². The summed E-state index contributed by atoms with van der Waals surface area (Å²) in [5.41, 5.74) is 2.47. The Bertz CT molecular complexity index is 377. The van der Waals surface area contributed by atoms with Crippen LogP contribution in [0.25, 0.3) is 0 Å². The molecule has 1 aromatic rings. The quantitative estimate of drug-likeness (QED) is 0.854. The topological polar surface area (TPSA) is 29.9 Å². The molecule has 108 valence electrons. The highest BCUT2D eigenvalue weighted by molar-refractivity contribution is 5.10. The fraction of sp³-hybridized carbons (Fsp3) is 0.812. The predicted molar refractivity (Wildman–Crippen MR) is 80.3 cm³/mol. The van der Waals surface area contributed by atoms with Gasteiger partial charge in [0.15, 0.2) is 0 Å². The Morgan fingerprint density at radius 1 is 1.37 bits per heavy atom. The molecule has 0 bridgehead atoms. The van der Waals surface area contributed by atoms with Gasteiger partial charge in [-0.15, -0.1) is 0 Å². The molecule has 0 radical (unpaired) electrons. The molecule has 1 atom stereocenters. The summed E-state index contributed by atoms with van der Waals surface area (Å²) in [6.07, 6.45) is 11.1. The van der Waals surface area contributed by atoms with Crippen LogP contribution in [0.5, 0.6) is 0 Å². The summed E-state index contributed by atoms with van der Waals surface area (Å²) in [6, 6.07) is 2.81. The summed E-state index contributed by atoms with van der Waals surface area (Å²) < 4.78 is 2.03. The van der Waals surface area contributed by atoms with Crippen molar-refractivity contribution in [3.63, 3.8) is 0 Å². The van der Waals surface area contributed by atoms with Gasteiger partial charge in [0.2, 0.25) is 0 Å². The van der Waals surface area contributed by atoms with Crippen LogP contribution in [0.1, 0.15) is 56.3 Å². The Balaban J connectivity index is 1.81. The lowest BCUT2D eigenvalue weighted by Crippen LogP contribution is -2.29. The average Bonchev–Trinajstić information content (AvgIpc) is 2.74. The van der Waals surface area contributed by atoms with Crippen molar-refractivity contribution in [1.82, 2.24) is 15.1 Å². The molecule has 1 aliphatic rings. The maximum absolute atomic E-state index is 4.44. The van der Waals surface area contributed by atoms with Gasteiger partial charge in [0.25, 0.3) is 0 Å². The lowest BCUT2D eigenvalue weighted by molar-refractivity contribution is 0.315. The zero-order valence-electron chi connectivity index (χ0n) is 12.8. The molecule has 0 spiro atoms. The third-order valence-corrected chi connectivity index (χ3v) is 4.61. The van der Waals surface area contributed by atoms with Gasteiger partial charge in [-0.3, -0.25) is 4.68 Å². The van der Waals surface area contributed by atoms with E-state index in [0.29, 0.717) is 6.04 Å². The van der Waals surface area contributed by atoms with Crippen LogP contribution >= 0.6 is 0 Å².